The lowest BCUT2D eigenvalue weighted by atomic mass is 9.99. The smallest absolute Gasteiger partial charge is 0.337 e. The molecule has 0 amide bonds. The van der Waals surface area contributed by atoms with Crippen LogP contribution >= 0.6 is 11.3 Å². The number of carbonyl (C=O) groups is 1. The van der Waals surface area contributed by atoms with Crippen molar-refractivity contribution in [2.24, 2.45) is 0 Å². The third-order valence-electron chi connectivity index (χ3n) is 5.37. The summed E-state index contributed by atoms with van der Waals surface area (Å²) < 4.78 is 6.34. The molecule has 6 heteroatoms. The van der Waals surface area contributed by atoms with Crippen LogP contribution in [-0.4, -0.2) is 22.6 Å². The lowest BCUT2D eigenvalue weighted by Crippen LogP contribution is -2.21. The lowest BCUT2D eigenvalue weighted by molar-refractivity contribution is 0.0600. The second-order valence-electron chi connectivity index (χ2n) is 7.22. The van der Waals surface area contributed by atoms with Gasteiger partial charge in [-0.2, -0.15) is 0 Å². The molecule has 0 spiro atoms. The molecule has 5 rings (SSSR count). The Kier molecular flexibility index (Phi) is 4.84. The van der Waals surface area contributed by atoms with Crippen molar-refractivity contribution in [1.82, 2.24) is 9.55 Å². The van der Waals surface area contributed by atoms with E-state index in [9.17, 15) is 9.59 Å². The van der Waals surface area contributed by atoms with E-state index in [-0.39, 0.29) is 11.5 Å². The Balaban J connectivity index is 1.59. The molecule has 0 radical (unpaired) electrons. The van der Waals surface area contributed by atoms with E-state index in [1.807, 2.05) is 41.8 Å². The van der Waals surface area contributed by atoms with Gasteiger partial charge >= 0.3 is 5.97 Å². The minimum Gasteiger partial charge on any atom is -0.465 e. The number of ether oxygens (including phenoxy) is 1. The van der Waals surface area contributed by atoms with Crippen molar-refractivity contribution in [3.05, 3.63) is 99.9 Å². The zero-order valence-electron chi connectivity index (χ0n) is 16.7. The van der Waals surface area contributed by atoms with Crippen molar-refractivity contribution in [2.45, 2.75) is 6.54 Å². The van der Waals surface area contributed by atoms with Gasteiger partial charge in [0.05, 0.1) is 30.9 Å². The average molecular weight is 426 g/mol. The molecule has 0 saturated heterocycles. The Bertz CT molecular complexity index is 1480. The van der Waals surface area contributed by atoms with Crippen LogP contribution in [0, 0.1) is 0 Å². The molecule has 31 heavy (non-hydrogen) atoms. The van der Waals surface area contributed by atoms with Crippen LogP contribution in [0.2, 0.25) is 0 Å². The maximum atomic E-state index is 13.4. The van der Waals surface area contributed by atoms with Crippen LogP contribution in [0.1, 0.15) is 15.9 Å². The monoisotopic (exact) mass is 426 g/mol. The third kappa shape index (κ3) is 3.41. The van der Waals surface area contributed by atoms with Gasteiger partial charge in [-0.15, -0.1) is 11.3 Å². The summed E-state index contributed by atoms with van der Waals surface area (Å²) in [5.74, 6) is -0.384. The van der Waals surface area contributed by atoms with E-state index in [4.69, 9.17) is 4.74 Å². The van der Waals surface area contributed by atoms with Crippen LogP contribution in [0.5, 0.6) is 0 Å². The molecule has 152 valence electrons. The van der Waals surface area contributed by atoms with Crippen molar-refractivity contribution in [2.75, 3.05) is 7.11 Å². The Labute approximate surface area is 182 Å². The van der Waals surface area contributed by atoms with Gasteiger partial charge in [-0.3, -0.25) is 9.36 Å². The van der Waals surface area contributed by atoms with Gasteiger partial charge in [0.15, 0.2) is 0 Å². The first kappa shape index (κ1) is 19.2. The number of fused-ring (bicyclic) bond motifs is 2. The van der Waals surface area contributed by atoms with Crippen LogP contribution in [0.15, 0.2) is 83.2 Å². The number of methoxy groups -OCH3 is 1. The van der Waals surface area contributed by atoms with Crippen molar-refractivity contribution in [3.8, 4) is 11.1 Å². The van der Waals surface area contributed by atoms with E-state index >= 15 is 0 Å². The van der Waals surface area contributed by atoms with Crippen molar-refractivity contribution in [1.29, 1.82) is 0 Å². The van der Waals surface area contributed by atoms with Gasteiger partial charge in [0.2, 0.25) is 0 Å². The van der Waals surface area contributed by atoms with E-state index < -0.39 is 0 Å². The summed E-state index contributed by atoms with van der Waals surface area (Å²) in [4.78, 5) is 30.3. The molecule has 0 fully saturated rings. The van der Waals surface area contributed by atoms with E-state index in [0.29, 0.717) is 17.5 Å². The minimum atomic E-state index is -0.384. The summed E-state index contributed by atoms with van der Waals surface area (Å²) in [6.07, 6.45) is 1.59. The molecule has 0 saturated carbocycles. The van der Waals surface area contributed by atoms with Crippen LogP contribution in [0.25, 0.3) is 32.1 Å². The highest BCUT2D eigenvalue weighted by molar-refractivity contribution is 7.17. The fraction of sp³-hybridized carbons (Fsp3) is 0.0800. The largest absolute Gasteiger partial charge is 0.465 e. The normalized spacial score (nSPS) is 11.1. The van der Waals surface area contributed by atoms with Crippen molar-refractivity contribution >= 4 is 38.3 Å². The lowest BCUT2D eigenvalue weighted by Gasteiger charge is -2.08. The molecule has 0 aliphatic rings. The van der Waals surface area contributed by atoms with Crippen molar-refractivity contribution in [3.63, 3.8) is 0 Å². The summed E-state index contributed by atoms with van der Waals surface area (Å²) in [5, 5.41) is 4.89. The number of aromatic nitrogens is 2. The van der Waals surface area contributed by atoms with E-state index in [2.05, 4.69) is 23.2 Å². The standard InChI is InChI=1S/C25H18N2O3S/c1-30-25(29)18-11-9-16(10-12-18)13-27-15-26-23-22(24(27)28)21(14-31-23)20-8-4-6-17-5-2-3-7-19(17)20/h2-12,14-15H,13H2,1H3. The molecule has 2 heterocycles. The number of thiophene rings is 1. The fourth-order valence-corrected chi connectivity index (χ4v) is 4.70. The molecule has 0 aliphatic carbocycles. The number of benzene rings is 3. The van der Waals surface area contributed by atoms with Gasteiger partial charge in [-0.25, -0.2) is 9.78 Å². The Morgan fingerprint density at radius 2 is 1.77 bits per heavy atom. The molecule has 2 aromatic heterocycles. The molecule has 0 atom stereocenters. The second-order valence-corrected chi connectivity index (χ2v) is 8.08. The number of esters is 1. The van der Waals surface area contributed by atoms with E-state index in [1.165, 1.54) is 18.4 Å². The summed E-state index contributed by atoms with van der Waals surface area (Å²) >= 11 is 1.48. The van der Waals surface area contributed by atoms with Gasteiger partial charge in [0.1, 0.15) is 4.83 Å². The van der Waals surface area contributed by atoms with Gasteiger partial charge in [0, 0.05) is 10.9 Å². The predicted molar refractivity (Wildman–Crippen MR) is 124 cm³/mol. The SMILES string of the molecule is COC(=O)c1ccc(Cn2cnc3scc(-c4cccc5ccccc45)c3c2=O)cc1. The first-order valence-corrected chi connectivity index (χ1v) is 10.7. The van der Waals surface area contributed by atoms with Crippen LogP contribution in [0.4, 0.5) is 0 Å². The molecular formula is C25H18N2O3S. The first-order valence-electron chi connectivity index (χ1n) is 9.78. The summed E-state index contributed by atoms with van der Waals surface area (Å²) in [5.41, 5.74) is 3.24. The molecular weight excluding hydrogens is 408 g/mol. The number of hydrogen-bond donors (Lipinski definition) is 0. The first-order chi connectivity index (χ1) is 15.2. The van der Waals surface area contributed by atoms with Crippen LogP contribution < -0.4 is 5.56 Å². The summed E-state index contributed by atoms with van der Waals surface area (Å²) in [6, 6.07) is 21.3. The highest BCUT2D eigenvalue weighted by Crippen LogP contribution is 2.35. The number of hydrogen-bond acceptors (Lipinski definition) is 5. The molecule has 5 nitrogen and oxygen atoms in total. The number of carbonyl (C=O) groups excluding carboxylic acids is 1. The molecule has 3 aromatic carbocycles. The molecule has 5 aromatic rings. The van der Waals surface area contributed by atoms with Crippen LogP contribution in [0.3, 0.4) is 0 Å². The third-order valence-corrected chi connectivity index (χ3v) is 6.25. The summed E-state index contributed by atoms with van der Waals surface area (Å²) in [6.45, 7) is 0.369. The van der Waals surface area contributed by atoms with Gasteiger partial charge in [-0.05, 0) is 34.0 Å². The van der Waals surface area contributed by atoms with Gasteiger partial charge < -0.3 is 4.74 Å². The van der Waals surface area contributed by atoms with Gasteiger partial charge in [0.25, 0.3) is 5.56 Å². The maximum absolute atomic E-state index is 13.4. The van der Waals surface area contributed by atoms with E-state index in [1.54, 1.807) is 23.0 Å². The Morgan fingerprint density at radius 1 is 1.00 bits per heavy atom. The minimum absolute atomic E-state index is 0.0776. The fourth-order valence-electron chi connectivity index (χ4n) is 3.80. The number of rotatable bonds is 4. The number of nitrogens with zero attached hydrogens (tertiary/aromatic N) is 2. The zero-order valence-corrected chi connectivity index (χ0v) is 17.6. The molecule has 0 aliphatic heterocycles. The van der Waals surface area contributed by atoms with Crippen LogP contribution in [-0.2, 0) is 11.3 Å². The predicted octanol–water partition coefficient (Wildman–Crippen LogP) is 5.11. The quantitative estimate of drug-likeness (QED) is 0.375. The zero-order chi connectivity index (χ0) is 21.4. The highest BCUT2D eigenvalue weighted by atomic mass is 32.1. The molecule has 0 bridgehead atoms. The second kappa shape index (κ2) is 7.81. The summed E-state index contributed by atoms with van der Waals surface area (Å²) in [7, 11) is 1.35. The van der Waals surface area contributed by atoms with Crippen molar-refractivity contribution < 1.29 is 9.53 Å². The maximum Gasteiger partial charge on any atom is 0.337 e. The van der Waals surface area contributed by atoms with Gasteiger partial charge in [-0.1, -0.05) is 54.6 Å². The Hall–Kier alpha value is -3.77. The van der Waals surface area contributed by atoms with E-state index in [0.717, 1.165) is 32.3 Å². The highest BCUT2D eigenvalue weighted by Gasteiger charge is 2.15. The average Bonchev–Trinajstić information content (AvgIpc) is 3.25. The molecule has 0 N–H and O–H groups in total. The topological polar surface area (TPSA) is 61.2 Å². The molecule has 0 unspecified atom stereocenters. The Morgan fingerprint density at radius 3 is 2.58 bits per heavy atom.